The maximum atomic E-state index is 10.7. The lowest BCUT2D eigenvalue weighted by Crippen LogP contribution is -2.30. The van der Waals surface area contributed by atoms with Crippen molar-refractivity contribution in [3.05, 3.63) is 0 Å². The molecule has 0 aromatic rings. The summed E-state index contributed by atoms with van der Waals surface area (Å²) in [6.45, 7) is 3.61. The molecule has 0 unspecified atom stereocenters. The molecule has 0 aromatic carbocycles. The Balaban J connectivity index is 4.00. The predicted octanol–water partition coefficient (Wildman–Crippen LogP) is 1.72. The van der Waals surface area contributed by atoms with Crippen molar-refractivity contribution in [3.63, 3.8) is 0 Å². The van der Waals surface area contributed by atoms with Gasteiger partial charge in [0.15, 0.2) is 5.84 Å². The van der Waals surface area contributed by atoms with Crippen LogP contribution in [0.5, 0.6) is 0 Å². The zero-order chi connectivity index (χ0) is 8.85. The molecule has 0 rings (SSSR count). The van der Waals surface area contributed by atoms with Gasteiger partial charge in [0.05, 0.1) is 0 Å². The van der Waals surface area contributed by atoms with Crippen LogP contribution in [0.3, 0.4) is 0 Å². The van der Waals surface area contributed by atoms with Gasteiger partial charge in [-0.2, -0.15) is 0 Å². The van der Waals surface area contributed by atoms with Gasteiger partial charge in [-0.05, 0) is 0 Å². The van der Waals surface area contributed by atoms with E-state index in [-0.39, 0.29) is 17.0 Å². The lowest BCUT2D eigenvalue weighted by Gasteiger charge is -2.06. The van der Waals surface area contributed by atoms with E-state index in [1.807, 2.05) is 0 Å². The fourth-order valence-corrected chi connectivity index (χ4v) is 0.699. The first kappa shape index (κ1) is 10.6. The van der Waals surface area contributed by atoms with Gasteiger partial charge in [0, 0.05) is 16.7 Å². The number of nitrogens with zero attached hydrogens (tertiary/aromatic N) is 1. The fraction of sp³-hybridized carbons (Fsp3) is 0.600. The number of oxime groups is 1. The molecule has 0 aliphatic heterocycles. The highest BCUT2D eigenvalue weighted by molar-refractivity contribution is 8.74. The molecule has 0 saturated carbocycles. The zero-order valence-electron chi connectivity index (χ0n) is 6.24. The molecular formula is C5H10N2O2S2. The van der Waals surface area contributed by atoms with Crippen molar-refractivity contribution >= 4 is 33.5 Å². The number of carbonyl (C=O) groups excluding carboxylic acids is 1. The Kier molecular flexibility index (Phi) is 5.14. The molecule has 0 saturated heterocycles. The number of amidine groups is 1. The summed E-state index contributed by atoms with van der Waals surface area (Å²) in [5.41, 5.74) is 0. The molecule has 0 spiro atoms. The van der Waals surface area contributed by atoms with Gasteiger partial charge in [-0.1, -0.05) is 19.0 Å². The first-order valence-electron chi connectivity index (χ1n) is 2.96. The minimum atomic E-state index is -0.352. The fourth-order valence-electron chi connectivity index (χ4n) is 0.412. The van der Waals surface area contributed by atoms with Crippen molar-refractivity contribution in [1.29, 1.82) is 0 Å². The Morgan fingerprint density at radius 2 is 2.27 bits per heavy atom. The Morgan fingerprint density at radius 1 is 1.73 bits per heavy atom. The first-order chi connectivity index (χ1) is 5.11. The molecule has 11 heavy (non-hydrogen) atoms. The summed E-state index contributed by atoms with van der Waals surface area (Å²) >= 11 is 3.67. The van der Waals surface area contributed by atoms with Crippen LogP contribution in [-0.2, 0) is 0 Å². The average Bonchev–Trinajstić information content (AvgIpc) is 1.99. The van der Waals surface area contributed by atoms with Crippen LogP contribution in [0.25, 0.3) is 0 Å². The average molecular weight is 194 g/mol. The number of nitrogens with one attached hydrogen (secondary N) is 1. The third kappa shape index (κ3) is 4.15. The van der Waals surface area contributed by atoms with Gasteiger partial charge in [-0.15, -0.1) is 11.7 Å². The lowest BCUT2D eigenvalue weighted by atomic mass is 10.2. The van der Waals surface area contributed by atoms with E-state index in [0.29, 0.717) is 0 Å². The number of hydrogen-bond donors (Lipinski definition) is 3. The summed E-state index contributed by atoms with van der Waals surface area (Å²) in [6.07, 6.45) is 0. The summed E-state index contributed by atoms with van der Waals surface area (Å²) in [5.74, 6) is 0.237. The minimum absolute atomic E-state index is 0.00978. The molecule has 0 aliphatic rings. The van der Waals surface area contributed by atoms with E-state index in [4.69, 9.17) is 5.21 Å². The first-order valence-corrected chi connectivity index (χ1v) is 4.83. The van der Waals surface area contributed by atoms with Crippen molar-refractivity contribution in [2.24, 2.45) is 11.1 Å². The van der Waals surface area contributed by atoms with Gasteiger partial charge in [0.1, 0.15) is 0 Å². The second kappa shape index (κ2) is 5.31. The molecule has 4 nitrogen and oxygen atoms in total. The Bertz CT molecular complexity index is 170. The minimum Gasteiger partial charge on any atom is -0.409 e. The van der Waals surface area contributed by atoms with Gasteiger partial charge in [-0.25, -0.2) is 0 Å². The summed E-state index contributed by atoms with van der Waals surface area (Å²) < 4.78 is 0. The molecule has 0 fully saturated rings. The highest BCUT2D eigenvalue weighted by Gasteiger charge is 2.08. The second-order valence-corrected chi connectivity index (χ2v) is 3.24. The molecule has 0 bridgehead atoms. The third-order valence-electron chi connectivity index (χ3n) is 0.968. The zero-order valence-corrected chi connectivity index (χ0v) is 7.95. The van der Waals surface area contributed by atoms with Crippen LogP contribution in [0.1, 0.15) is 13.8 Å². The molecule has 1 amide bonds. The van der Waals surface area contributed by atoms with Crippen molar-refractivity contribution < 1.29 is 10.0 Å². The number of thiol groups is 1. The summed E-state index contributed by atoms with van der Waals surface area (Å²) in [5, 5.41) is 13.3. The normalized spacial score (nSPS) is 11.8. The van der Waals surface area contributed by atoms with Gasteiger partial charge in [0.25, 0.3) is 5.24 Å². The Labute approximate surface area is 74.2 Å². The Hall–Kier alpha value is -0.360. The standard InChI is InChI=1S/C5H10N2O2S2/c1-3(2)4(7-9)6-5(8)11-10/h3,9-10H,1-2H3,(H,6,7,8). The van der Waals surface area contributed by atoms with Crippen LogP contribution in [0.15, 0.2) is 5.16 Å². The highest BCUT2D eigenvalue weighted by atomic mass is 33.1. The van der Waals surface area contributed by atoms with Crippen LogP contribution in [0, 0.1) is 5.92 Å². The monoisotopic (exact) mass is 194 g/mol. The van der Waals surface area contributed by atoms with Gasteiger partial charge in [-0.3, -0.25) is 4.79 Å². The van der Waals surface area contributed by atoms with E-state index in [1.165, 1.54) is 0 Å². The van der Waals surface area contributed by atoms with E-state index >= 15 is 0 Å². The van der Waals surface area contributed by atoms with E-state index in [0.717, 1.165) is 10.8 Å². The number of rotatable bonds is 1. The molecular weight excluding hydrogens is 184 g/mol. The summed E-state index contributed by atoms with van der Waals surface area (Å²) in [7, 11) is 0.738. The topological polar surface area (TPSA) is 61.7 Å². The predicted molar refractivity (Wildman–Crippen MR) is 49.2 cm³/mol. The van der Waals surface area contributed by atoms with E-state index in [9.17, 15) is 4.79 Å². The molecule has 6 heteroatoms. The molecule has 2 N–H and O–H groups in total. The van der Waals surface area contributed by atoms with Crippen molar-refractivity contribution in [2.75, 3.05) is 0 Å². The van der Waals surface area contributed by atoms with Crippen LogP contribution < -0.4 is 5.32 Å². The Morgan fingerprint density at radius 3 is 2.55 bits per heavy atom. The maximum Gasteiger partial charge on any atom is 0.294 e. The van der Waals surface area contributed by atoms with Gasteiger partial charge < -0.3 is 10.5 Å². The molecule has 0 aromatic heterocycles. The second-order valence-electron chi connectivity index (χ2n) is 2.14. The molecule has 0 atom stereocenters. The third-order valence-corrected chi connectivity index (χ3v) is 1.73. The smallest absolute Gasteiger partial charge is 0.294 e. The number of carbonyl (C=O) groups is 1. The highest BCUT2D eigenvalue weighted by Crippen LogP contribution is 2.06. The molecule has 0 radical (unpaired) electrons. The summed E-state index contributed by atoms with van der Waals surface area (Å²) in [6, 6.07) is 0. The molecule has 64 valence electrons. The van der Waals surface area contributed by atoms with Gasteiger partial charge in [0.2, 0.25) is 0 Å². The summed E-state index contributed by atoms with van der Waals surface area (Å²) in [4.78, 5) is 10.7. The quantitative estimate of drug-likeness (QED) is 0.149. The van der Waals surface area contributed by atoms with Crippen LogP contribution in [0.4, 0.5) is 4.79 Å². The van der Waals surface area contributed by atoms with Crippen molar-refractivity contribution in [3.8, 4) is 0 Å². The molecule has 0 heterocycles. The van der Waals surface area contributed by atoms with Crippen molar-refractivity contribution in [1.82, 2.24) is 5.32 Å². The molecule has 0 aliphatic carbocycles. The van der Waals surface area contributed by atoms with Crippen LogP contribution >= 0.6 is 22.5 Å². The van der Waals surface area contributed by atoms with Gasteiger partial charge >= 0.3 is 0 Å². The largest absolute Gasteiger partial charge is 0.409 e. The number of amides is 1. The lowest BCUT2D eigenvalue weighted by molar-refractivity contribution is 0.263. The van der Waals surface area contributed by atoms with E-state index in [1.54, 1.807) is 13.8 Å². The number of hydrogen-bond acceptors (Lipinski definition) is 5. The van der Waals surface area contributed by atoms with E-state index in [2.05, 4.69) is 22.1 Å². The van der Waals surface area contributed by atoms with Crippen LogP contribution in [0.2, 0.25) is 0 Å². The van der Waals surface area contributed by atoms with Crippen molar-refractivity contribution in [2.45, 2.75) is 13.8 Å². The SMILES string of the molecule is CC(C)/C(=N\O)NC(=O)SS. The maximum absolute atomic E-state index is 10.7. The van der Waals surface area contributed by atoms with E-state index < -0.39 is 0 Å². The van der Waals surface area contributed by atoms with Crippen LogP contribution in [-0.4, -0.2) is 16.3 Å².